The number of amides is 1. The van der Waals surface area contributed by atoms with Crippen LogP contribution in [0, 0.1) is 0 Å². The first-order chi connectivity index (χ1) is 10.1. The molecule has 2 N–H and O–H groups in total. The molecule has 0 aliphatic heterocycles. The third-order valence-electron chi connectivity index (χ3n) is 3.36. The van der Waals surface area contributed by atoms with Crippen molar-refractivity contribution in [1.82, 2.24) is 20.1 Å². The van der Waals surface area contributed by atoms with Crippen LogP contribution in [0.1, 0.15) is 38.0 Å². The molecule has 0 spiro atoms. The van der Waals surface area contributed by atoms with E-state index in [-0.39, 0.29) is 11.9 Å². The van der Waals surface area contributed by atoms with E-state index in [2.05, 4.69) is 15.4 Å². The summed E-state index contributed by atoms with van der Waals surface area (Å²) in [6, 6.07) is 8.85. The number of nitrogens with one attached hydrogen (secondary N) is 1. The molecule has 0 aliphatic rings. The molecule has 112 valence electrons. The van der Waals surface area contributed by atoms with Gasteiger partial charge in [-0.3, -0.25) is 4.79 Å². The summed E-state index contributed by atoms with van der Waals surface area (Å²) in [7, 11) is 0. The minimum Gasteiger partial charge on any atom is -0.388 e. The summed E-state index contributed by atoms with van der Waals surface area (Å²) in [5, 5.41) is 17.0. The van der Waals surface area contributed by atoms with Crippen LogP contribution in [-0.2, 0) is 4.79 Å². The van der Waals surface area contributed by atoms with Gasteiger partial charge in [-0.1, -0.05) is 30.3 Å². The molecule has 2 aromatic rings. The van der Waals surface area contributed by atoms with Gasteiger partial charge in [0.25, 0.3) is 0 Å². The molecule has 6 heteroatoms. The van der Waals surface area contributed by atoms with Crippen LogP contribution in [0.15, 0.2) is 43.0 Å². The van der Waals surface area contributed by atoms with Crippen LogP contribution in [-0.4, -0.2) is 31.8 Å². The molecule has 0 saturated heterocycles. The molecule has 21 heavy (non-hydrogen) atoms. The summed E-state index contributed by atoms with van der Waals surface area (Å²) in [4.78, 5) is 15.9. The van der Waals surface area contributed by atoms with Crippen LogP contribution in [0.4, 0.5) is 0 Å². The highest BCUT2D eigenvalue weighted by molar-refractivity contribution is 5.79. The first-order valence-electron chi connectivity index (χ1n) is 6.95. The SMILES string of the molecule is CC(CC(O)c1ccccc1)NC(=O)C(C)n1cncn1. The third-order valence-corrected chi connectivity index (χ3v) is 3.36. The van der Waals surface area contributed by atoms with E-state index in [1.54, 1.807) is 6.92 Å². The van der Waals surface area contributed by atoms with Gasteiger partial charge in [0.2, 0.25) is 5.91 Å². The van der Waals surface area contributed by atoms with Gasteiger partial charge in [-0.25, -0.2) is 9.67 Å². The lowest BCUT2D eigenvalue weighted by molar-refractivity contribution is -0.124. The highest BCUT2D eigenvalue weighted by Gasteiger charge is 2.19. The number of carbonyl (C=O) groups is 1. The molecular formula is C15H20N4O2. The van der Waals surface area contributed by atoms with Crippen LogP contribution >= 0.6 is 0 Å². The van der Waals surface area contributed by atoms with E-state index >= 15 is 0 Å². The average molecular weight is 288 g/mol. The maximum absolute atomic E-state index is 12.1. The van der Waals surface area contributed by atoms with Crippen LogP contribution in [0.25, 0.3) is 0 Å². The van der Waals surface area contributed by atoms with Crippen LogP contribution in [0.5, 0.6) is 0 Å². The lowest BCUT2D eigenvalue weighted by Gasteiger charge is -2.20. The molecule has 1 aromatic heterocycles. The number of aliphatic hydroxyl groups is 1. The molecule has 3 atom stereocenters. The molecule has 2 rings (SSSR count). The molecule has 0 radical (unpaired) electrons. The molecule has 0 fully saturated rings. The number of hydrogen-bond acceptors (Lipinski definition) is 4. The maximum Gasteiger partial charge on any atom is 0.244 e. The first kappa shape index (κ1) is 15.2. The molecule has 1 aromatic carbocycles. The largest absolute Gasteiger partial charge is 0.388 e. The van der Waals surface area contributed by atoms with Gasteiger partial charge in [0, 0.05) is 6.04 Å². The fraction of sp³-hybridized carbons (Fsp3) is 0.400. The fourth-order valence-electron chi connectivity index (χ4n) is 2.11. The average Bonchev–Trinajstić information content (AvgIpc) is 3.01. The van der Waals surface area contributed by atoms with Crippen molar-refractivity contribution in [3.05, 3.63) is 48.5 Å². The van der Waals surface area contributed by atoms with E-state index in [9.17, 15) is 9.90 Å². The van der Waals surface area contributed by atoms with Gasteiger partial charge in [0.1, 0.15) is 18.7 Å². The molecule has 3 unspecified atom stereocenters. The maximum atomic E-state index is 12.1. The Morgan fingerprint density at radius 2 is 2.05 bits per heavy atom. The minimum atomic E-state index is -0.594. The van der Waals surface area contributed by atoms with E-state index in [4.69, 9.17) is 0 Å². The third kappa shape index (κ3) is 4.13. The first-order valence-corrected chi connectivity index (χ1v) is 6.95. The Morgan fingerprint density at radius 3 is 2.67 bits per heavy atom. The normalized spacial score (nSPS) is 15.2. The molecular weight excluding hydrogens is 268 g/mol. The Hall–Kier alpha value is -2.21. The minimum absolute atomic E-state index is 0.140. The van der Waals surface area contributed by atoms with Gasteiger partial charge in [-0.15, -0.1) is 0 Å². The zero-order valence-electron chi connectivity index (χ0n) is 12.2. The predicted octanol–water partition coefficient (Wildman–Crippen LogP) is 1.47. The number of rotatable bonds is 6. The number of benzene rings is 1. The van der Waals surface area contributed by atoms with Crippen molar-refractivity contribution < 1.29 is 9.90 Å². The summed E-state index contributed by atoms with van der Waals surface area (Å²) < 4.78 is 1.50. The monoisotopic (exact) mass is 288 g/mol. The van der Waals surface area contributed by atoms with Crippen molar-refractivity contribution in [2.45, 2.75) is 38.5 Å². The molecule has 0 saturated carbocycles. The van der Waals surface area contributed by atoms with Crippen molar-refractivity contribution in [3.8, 4) is 0 Å². The quantitative estimate of drug-likeness (QED) is 0.843. The standard InChI is InChI=1S/C15H20N4O2/c1-11(8-14(20)13-6-4-3-5-7-13)18-15(21)12(2)19-10-16-9-17-19/h3-7,9-12,14,20H,8H2,1-2H3,(H,18,21). The van der Waals surface area contributed by atoms with Crippen LogP contribution in [0.3, 0.4) is 0 Å². The summed E-state index contributed by atoms with van der Waals surface area (Å²) in [5.74, 6) is -0.145. The Bertz CT molecular complexity index is 556. The van der Waals surface area contributed by atoms with Crippen molar-refractivity contribution >= 4 is 5.91 Å². The van der Waals surface area contributed by atoms with Crippen LogP contribution in [0.2, 0.25) is 0 Å². The summed E-state index contributed by atoms with van der Waals surface area (Å²) in [6.07, 6.45) is 2.77. The summed E-state index contributed by atoms with van der Waals surface area (Å²) >= 11 is 0. The van der Waals surface area contributed by atoms with Crippen molar-refractivity contribution in [1.29, 1.82) is 0 Å². The van der Waals surface area contributed by atoms with Crippen molar-refractivity contribution in [2.24, 2.45) is 0 Å². The van der Waals surface area contributed by atoms with Gasteiger partial charge in [-0.05, 0) is 25.8 Å². The number of aromatic nitrogens is 3. The number of carbonyl (C=O) groups excluding carboxylic acids is 1. The Morgan fingerprint density at radius 1 is 1.33 bits per heavy atom. The van der Waals surface area contributed by atoms with Crippen molar-refractivity contribution in [2.75, 3.05) is 0 Å². The zero-order valence-corrected chi connectivity index (χ0v) is 12.2. The summed E-state index contributed by atoms with van der Waals surface area (Å²) in [6.45, 7) is 3.63. The molecule has 1 heterocycles. The van der Waals surface area contributed by atoms with Gasteiger partial charge >= 0.3 is 0 Å². The Labute approximate surface area is 123 Å². The molecule has 6 nitrogen and oxygen atoms in total. The Balaban J connectivity index is 1.87. The van der Waals surface area contributed by atoms with Gasteiger partial charge in [-0.2, -0.15) is 5.10 Å². The van der Waals surface area contributed by atoms with Crippen LogP contribution < -0.4 is 5.32 Å². The Kier molecular flexibility index (Phi) is 5.05. The zero-order chi connectivity index (χ0) is 15.2. The van der Waals surface area contributed by atoms with Crippen molar-refractivity contribution in [3.63, 3.8) is 0 Å². The fourth-order valence-corrected chi connectivity index (χ4v) is 2.11. The van der Waals surface area contributed by atoms with E-state index in [1.165, 1.54) is 17.3 Å². The van der Waals surface area contributed by atoms with Gasteiger partial charge in [0.05, 0.1) is 6.10 Å². The van der Waals surface area contributed by atoms with E-state index in [0.29, 0.717) is 6.42 Å². The second-order valence-electron chi connectivity index (χ2n) is 5.12. The van der Waals surface area contributed by atoms with Gasteiger partial charge < -0.3 is 10.4 Å². The van der Waals surface area contributed by atoms with E-state index < -0.39 is 12.1 Å². The number of nitrogens with zero attached hydrogens (tertiary/aromatic N) is 3. The molecule has 1 amide bonds. The number of hydrogen-bond donors (Lipinski definition) is 2. The second kappa shape index (κ2) is 6.99. The smallest absolute Gasteiger partial charge is 0.244 e. The number of aliphatic hydroxyl groups excluding tert-OH is 1. The lowest BCUT2D eigenvalue weighted by atomic mass is 10.0. The van der Waals surface area contributed by atoms with E-state index in [0.717, 1.165) is 5.56 Å². The van der Waals surface area contributed by atoms with Gasteiger partial charge in [0.15, 0.2) is 0 Å². The predicted molar refractivity (Wildman–Crippen MR) is 78.4 cm³/mol. The summed E-state index contributed by atoms with van der Waals surface area (Å²) in [5.41, 5.74) is 0.850. The molecule has 0 aliphatic carbocycles. The lowest BCUT2D eigenvalue weighted by Crippen LogP contribution is -2.38. The molecule has 0 bridgehead atoms. The highest BCUT2D eigenvalue weighted by Crippen LogP contribution is 2.18. The second-order valence-corrected chi connectivity index (χ2v) is 5.12. The topological polar surface area (TPSA) is 80.0 Å². The highest BCUT2D eigenvalue weighted by atomic mass is 16.3. The van der Waals surface area contributed by atoms with E-state index in [1.807, 2.05) is 37.3 Å².